The lowest BCUT2D eigenvalue weighted by Gasteiger charge is -2.29. The number of nitrogens with zero attached hydrogens (tertiary/aromatic N) is 6. The first-order chi connectivity index (χ1) is 21.9. The molecule has 46 heavy (non-hydrogen) atoms. The van der Waals surface area contributed by atoms with Crippen molar-refractivity contribution < 1.29 is 32.8 Å². The van der Waals surface area contributed by atoms with Crippen LogP contribution in [0.2, 0.25) is 0 Å². The molecule has 2 saturated heterocycles. The molecule has 2 aliphatic heterocycles. The number of imide groups is 1. The first-order valence-corrected chi connectivity index (χ1v) is 14.7. The van der Waals surface area contributed by atoms with E-state index in [-0.39, 0.29) is 53.7 Å². The van der Waals surface area contributed by atoms with E-state index in [9.17, 15) is 32.8 Å². The van der Waals surface area contributed by atoms with Crippen LogP contribution in [-0.2, 0) is 37.6 Å². The molecule has 1 saturated carbocycles. The Morgan fingerprint density at radius 2 is 1.87 bits per heavy atom. The topological polar surface area (TPSA) is 173 Å². The predicted octanol–water partition coefficient (Wildman–Crippen LogP) is 1.53. The molecule has 2 aliphatic carbocycles. The van der Waals surface area contributed by atoms with Gasteiger partial charge in [0, 0.05) is 23.6 Å². The molecule has 15 heteroatoms. The average Bonchev–Trinajstić information content (AvgIpc) is 3.54. The maximum absolute atomic E-state index is 14.8. The molecular weight excluding hydrogens is 602 g/mol. The second kappa shape index (κ2) is 10.6. The smallest absolute Gasteiger partial charge is 0.269 e. The van der Waals surface area contributed by atoms with Gasteiger partial charge in [-0.15, -0.1) is 0 Å². The van der Waals surface area contributed by atoms with Crippen LogP contribution in [0.15, 0.2) is 42.7 Å². The quantitative estimate of drug-likeness (QED) is 0.370. The van der Waals surface area contributed by atoms with Crippen LogP contribution in [0.25, 0.3) is 6.08 Å². The van der Waals surface area contributed by atoms with E-state index in [0.29, 0.717) is 24.1 Å². The van der Waals surface area contributed by atoms with Crippen LogP contribution in [0, 0.1) is 17.7 Å². The van der Waals surface area contributed by atoms with Crippen LogP contribution >= 0.6 is 0 Å². The number of halogens is 2. The molecule has 3 fully saturated rings. The number of allylic oxidation sites excluding steroid dienone is 1. The summed E-state index contributed by atoms with van der Waals surface area (Å²) in [5.74, 6) is -4.59. The summed E-state index contributed by atoms with van der Waals surface area (Å²) < 4.78 is 30.8. The lowest BCUT2D eigenvalue weighted by atomic mass is 9.74. The minimum absolute atomic E-state index is 0.0119. The Bertz CT molecular complexity index is 1840. The number of alkyl halides is 1. The Morgan fingerprint density at radius 1 is 1.11 bits per heavy atom. The summed E-state index contributed by atoms with van der Waals surface area (Å²) in [5, 5.41) is 14.5. The number of hydrogen-bond donors (Lipinski definition) is 2. The zero-order valence-corrected chi connectivity index (χ0v) is 24.5. The Balaban J connectivity index is 1.10. The van der Waals surface area contributed by atoms with Crippen molar-refractivity contribution in [2.75, 3.05) is 16.8 Å². The average molecular weight is 631 g/mol. The van der Waals surface area contributed by atoms with E-state index in [1.807, 2.05) is 19.1 Å². The highest BCUT2D eigenvalue weighted by Crippen LogP contribution is 2.48. The number of likely N-dealkylation sites (tertiary alicyclic amines) is 1. The van der Waals surface area contributed by atoms with Gasteiger partial charge in [0.05, 0.1) is 41.6 Å². The number of rotatable bonds is 7. The lowest BCUT2D eigenvalue weighted by molar-refractivity contribution is -0.137. The van der Waals surface area contributed by atoms with Gasteiger partial charge in [0.15, 0.2) is 5.69 Å². The highest BCUT2D eigenvalue weighted by molar-refractivity contribution is 6.25. The van der Waals surface area contributed by atoms with E-state index in [1.165, 1.54) is 16.8 Å². The van der Waals surface area contributed by atoms with Gasteiger partial charge in [0.25, 0.3) is 5.91 Å². The van der Waals surface area contributed by atoms with Crippen LogP contribution < -0.4 is 16.0 Å². The number of anilines is 2. The number of piperidine rings is 1. The number of benzene rings is 1. The fourth-order valence-corrected chi connectivity index (χ4v) is 6.63. The third-order valence-electron chi connectivity index (χ3n) is 9.21. The second-order valence-electron chi connectivity index (χ2n) is 12.3. The standard InChI is InChI=1S/C31H28F2N8O5/c1-31(15-5-7-35-36-12-15)6-4-23-20(11-31)26(27(34)43)38-40(23)14-25(42)39-13-16(32)8-24(39)28(44)37-22-9-17(2-3-21(22)33)41-29(45)18-10-19(18)30(41)46/h2-7,9,12,16,18-19,24H,8,10-11,13-14H2,1H3,(H2,34,43)(H,37,44). The summed E-state index contributed by atoms with van der Waals surface area (Å²) in [6, 6.07) is 3.98. The summed E-state index contributed by atoms with van der Waals surface area (Å²) in [6.07, 6.45) is 5.79. The summed E-state index contributed by atoms with van der Waals surface area (Å²) in [6.45, 7) is 1.15. The fourth-order valence-electron chi connectivity index (χ4n) is 6.63. The third-order valence-corrected chi connectivity index (χ3v) is 9.21. The zero-order chi connectivity index (χ0) is 32.5. The minimum Gasteiger partial charge on any atom is -0.364 e. The number of primary amides is 1. The first kappa shape index (κ1) is 29.4. The summed E-state index contributed by atoms with van der Waals surface area (Å²) in [7, 11) is 0. The number of aromatic nitrogens is 4. The molecule has 5 amide bonds. The molecule has 4 aliphatic rings. The van der Waals surface area contributed by atoms with Crippen LogP contribution in [0.3, 0.4) is 0 Å². The van der Waals surface area contributed by atoms with E-state index in [2.05, 4.69) is 20.6 Å². The van der Waals surface area contributed by atoms with Gasteiger partial charge in [-0.05, 0) is 48.7 Å². The molecule has 3 N–H and O–H groups in total. The maximum atomic E-state index is 14.8. The van der Waals surface area contributed by atoms with Gasteiger partial charge in [-0.2, -0.15) is 15.3 Å². The van der Waals surface area contributed by atoms with Crippen LogP contribution in [0.4, 0.5) is 20.2 Å². The van der Waals surface area contributed by atoms with Gasteiger partial charge in [-0.3, -0.25) is 28.7 Å². The largest absolute Gasteiger partial charge is 0.364 e. The van der Waals surface area contributed by atoms with Gasteiger partial charge in [0.1, 0.15) is 24.6 Å². The Kier molecular flexibility index (Phi) is 6.79. The number of fused-ring (bicyclic) bond motifs is 2. The molecule has 1 aromatic carbocycles. The SMILES string of the molecule is CC1(c2ccnnc2)C=Cc2c(c(C(N)=O)nn2CC(=O)N2CC(F)CC2C(=O)Nc2cc(N3C(=O)C4CC4C3=O)ccc2F)C1. The number of nitrogens with two attached hydrogens (primary N) is 1. The molecule has 5 unspecified atom stereocenters. The Morgan fingerprint density at radius 3 is 2.57 bits per heavy atom. The maximum Gasteiger partial charge on any atom is 0.269 e. The molecule has 0 spiro atoms. The lowest BCUT2D eigenvalue weighted by Crippen LogP contribution is -2.44. The Hall–Kier alpha value is -5.34. The normalized spacial score (nSPS) is 26.2. The number of carbonyl (C=O) groups excluding carboxylic acids is 5. The fraction of sp³-hybridized carbons (Fsp3) is 0.355. The zero-order valence-electron chi connectivity index (χ0n) is 24.5. The van der Waals surface area contributed by atoms with Crippen molar-refractivity contribution in [3.63, 3.8) is 0 Å². The van der Waals surface area contributed by atoms with E-state index < -0.39 is 47.7 Å². The van der Waals surface area contributed by atoms with Crippen molar-refractivity contribution in [2.45, 2.75) is 50.4 Å². The molecule has 13 nitrogen and oxygen atoms in total. The minimum atomic E-state index is -1.52. The summed E-state index contributed by atoms with van der Waals surface area (Å²) in [5.41, 5.74) is 6.71. The van der Waals surface area contributed by atoms with Crippen LogP contribution in [0.5, 0.6) is 0 Å². The first-order valence-electron chi connectivity index (χ1n) is 14.7. The molecule has 3 aromatic rings. The number of amides is 5. The van der Waals surface area contributed by atoms with Crippen LogP contribution in [0.1, 0.15) is 47.1 Å². The van der Waals surface area contributed by atoms with Gasteiger partial charge < -0.3 is 16.0 Å². The molecule has 4 heterocycles. The molecular formula is C31H28F2N8O5. The molecule has 236 valence electrons. The van der Waals surface area contributed by atoms with Crippen molar-refractivity contribution >= 4 is 47.0 Å². The predicted molar refractivity (Wildman–Crippen MR) is 157 cm³/mol. The summed E-state index contributed by atoms with van der Waals surface area (Å²) >= 11 is 0. The number of hydrogen-bond acceptors (Lipinski definition) is 8. The number of nitrogens with one attached hydrogen (secondary N) is 1. The molecule has 5 atom stereocenters. The van der Waals surface area contributed by atoms with Gasteiger partial charge in [-0.25, -0.2) is 13.7 Å². The van der Waals surface area contributed by atoms with E-state index in [4.69, 9.17) is 5.73 Å². The van der Waals surface area contributed by atoms with Crippen molar-refractivity contribution in [3.05, 3.63) is 71.1 Å². The van der Waals surface area contributed by atoms with Crippen molar-refractivity contribution in [1.29, 1.82) is 0 Å². The summed E-state index contributed by atoms with van der Waals surface area (Å²) in [4.78, 5) is 66.3. The van der Waals surface area contributed by atoms with E-state index >= 15 is 0 Å². The monoisotopic (exact) mass is 630 g/mol. The second-order valence-corrected chi connectivity index (χ2v) is 12.3. The molecule has 7 rings (SSSR count). The molecule has 0 radical (unpaired) electrons. The molecule has 2 aromatic heterocycles. The molecule has 0 bridgehead atoms. The highest BCUT2D eigenvalue weighted by Gasteiger charge is 2.59. The van der Waals surface area contributed by atoms with Crippen molar-refractivity contribution in [3.8, 4) is 0 Å². The van der Waals surface area contributed by atoms with Crippen molar-refractivity contribution in [1.82, 2.24) is 24.9 Å². The van der Waals surface area contributed by atoms with Crippen molar-refractivity contribution in [2.24, 2.45) is 17.6 Å². The Labute approximate surface area is 260 Å². The van der Waals surface area contributed by atoms with Crippen LogP contribution in [-0.4, -0.2) is 73.2 Å². The number of carbonyl (C=O) groups is 5. The highest BCUT2D eigenvalue weighted by atomic mass is 19.1. The van der Waals surface area contributed by atoms with E-state index in [0.717, 1.165) is 21.4 Å². The van der Waals surface area contributed by atoms with Gasteiger partial charge >= 0.3 is 0 Å². The third kappa shape index (κ3) is 4.82. The van der Waals surface area contributed by atoms with E-state index in [1.54, 1.807) is 18.5 Å². The van der Waals surface area contributed by atoms with Gasteiger partial charge in [0.2, 0.25) is 23.6 Å². The van der Waals surface area contributed by atoms with Gasteiger partial charge in [-0.1, -0.05) is 13.0 Å².